The van der Waals surface area contributed by atoms with Crippen LogP contribution < -0.4 is 5.73 Å². The van der Waals surface area contributed by atoms with E-state index < -0.39 is 0 Å². The van der Waals surface area contributed by atoms with Crippen molar-refractivity contribution in [1.29, 1.82) is 0 Å². The second-order valence-corrected chi connectivity index (χ2v) is 3.06. The number of nitrogens with zero attached hydrogens (tertiary/aromatic N) is 1. The molecule has 0 aliphatic carbocycles. The van der Waals surface area contributed by atoms with Crippen LogP contribution in [-0.2, 0) is 6.42 Å². The Bertz CT molecular complexity index is 435. The zero-order valence-electron chi connectivity index (χ0n) is 7.62. The first-order chi connectivity index (χ1) is 6.33. The van der Waals surface area contributed by atoms with E-state index in [0.717, 1.165) is 28.6 Å². The molecule has 1 heterocycles. The highest BCUT2D eigenvalue weighted by molar-refractivity contribution is 5.85. The lowest BCUT2D eigenvalue weighted by Crippen LogP contribution is -1.95. The molecule has 1 aromatic carbocycles. The number of benzene rings is 1. The molecule has 0 atom stereocenters. The van der Waals surface area contributed by atoms with Crippen molar-refractivity contribution in [2.75, 3.05) is 5.73 Å². The second kappa shape index (κ2) is 3.05. The molecule has 0 aliphatic rings. The fourth-order valence-electron chi connectivity index (χ4n) is 1.59. The maximum atomic E-state index is 5.86. The SMILES string of the molecule is CCc1c(N)ccc2cccnc12. The van der Waals surface area contributed by atoms with Crippen LogP contribution in [0.1, 0.15) is 12.5 Å². The van der Waals surface area contributed by atoms with Crippen LogP contribution in [0, 0.1) is 0 Å². The number of nitrogens with two attached hydrogens (primary N) is 1. The maximum Gasteiger partial charge on any atom is 0.0754 e. The first kappa shape index (κ1) is 8.05. The van der Waals surface area contributed by atoms with E-state index in [1.807, 2.05) is 18.2 Å². The van der Waals surface area contributed by atoms with Crippen LogP contribution >= 0.6 is 0 Å². The molecule has 0 spiro atoms. The van der Waals surface area contributed by atoms with Crippen molar-refractivity contribution >= 4 is 16.6 Å². The Morgan fingerprint density at radius 2 is 2.15 bits per heavy atom. The van der Waals surface area contributed by atoms with E-state index in [1.54, 1.807) is 6.20 Å². The van der Waals surface area contributed by atoms with Gasteiger partial charge in [0.15, 0.2) is 0 Å². The van der Waals surface area contributed by atoms with Crippen molar-refractivity contribution < 1.29 is 0 Å². The Balaban J connectivity index is 2.84. The van der Waals surface area contributed by atoms with Gasteiger partial charge in [0.1, 0.15) is 0 Å². The average Bonchev–Trinajstić information content (AvgIpc) is 2.18. The third-order valence-corrected chi connectivity index (χ3v) is 2.27. The predicted octanol–water partition coefficient (Wildman–Crippen LogP) is 2.38. The summed E-state index contributed by atoms with van der Waals surface area (Å²) in [5, 5.41) is 1.16. The average molecular weight is 172 g/mol. The number of rotatable bonds is 1. The van der Waals surface area contributed by atoms with E-state index in [0.29, 0.717) is 0 Å². The van der Waals surface area contributed by atoms with Crippen LogP contribution in [0.25, 0.3) is 10.9 Å². The number of nitrogen functional groups attached to an aromatic ring is 1. The minimum absolute atomic E-state index is 0.841. The molecule has 2 N–H and O–H groups in total. The van der Waals surface area contributed by atoms with E-state index in [-0.39, 0.29) is 0 Å². The summed E-state index contributed by atoms with van der Waals surface area (Å²) < 4.78 is 0. The van der Waals surface area contributed by atoms with Crippen LogP contribution in [0.3, 0.4) is 0 Å². The minimum atomic E-state index is 0.841. The van der Waals surface area contributed by atoms with E-state index in [2.05, 4.69) is 18.0 Å². The first-order valence-electron chi connectivity index (χ1n) is 4.45. The molecule has 0 bridgehead atoms. The van der Waals surface area contributed by atoms with Crippen molar-refractivity contribution in [1.82, 2.24) is 4.98 Å². The van der Waals surface area contributed by atoms with Gasteiger partial charge in [0, 0.05) is 22.8 Å². The fraction of sp³-hybridized carbons (Fsp3) is 0.182. The molecule has 0 unspecified atom stereocenters. The van der Waals surface area contributed by atoms with E-state index in [4.69, 9.17) is 5.73 Å². The molecule has 2 heteroatoms. The molecule has 13 heavy (non-hydrogen) atoms. The van der Waals surface area contributed by atoms with Crippen molar-refractivity contribution in [3.63, 3.8) is 0 Å². The summed E-state index contributed by atoms with van der Waals surface area (Å²) >= 11 is 0. The highest BCUT2D eigenvalue weighted by atomic mass is 14.7. The van der Waals surface area contributed by atoms with Gasteiger partial charge in [-0.15, -0.1) is 0 Å². The standard InChI is InChI=1S/C11H12N2/c1-2-9-10(12)6-5-8-4-3-7-13-11(8)9/h3-7H,2,12H2,1H3. The third kappa shape index (κ3) is 1.24. The topological polar surface area (TPSA) is 38.9 Å². The lowest BCUT2D eigenvalue weighted by atomic mass is 10.1. The van der Waals surface area contributed by atoms with Gasteiger partial charge < -0.3 is 5.73 Å². The Morgan fingerprint density at radius 1 is 1.31 bits per heavy atom. The Hall–Kier alpha value is -1.57. The van der Waals surface area contributed by atoms with E-state index in [9.17, 15) is 0 Å². The lowest BCUT2D eigenvalue weighted by Gasteiger charge is -2.05. The second-order valence-electron chi connectivity index (χ2n) is 3.06. The van der Waals surface area contributed by atoms with Gasteiger partial charge in [-0.1, -0.05) is 19.1 Å². The van der Waals surface area contributed by atoms with Crippen molar-refractivity contribution in [3.8, 4) is 0 Å². The van der Waals surface area contributed by atoms with Crippen molar-refractivity contribution in [2.24, 2.45) is 0 Å². The zero-order chi connectivity index (χ0) is 9.26. The molecule has 2 nitrogen and oxygen atoms in total. The number of pyridine rings is 1. The maximum absolute atomic E-state index is 5.86. The van der Waals surface area contributed by atoms with Crippen LogP contribution in [0.4, 0.5) is 5.69 Å². The Labute approximate surface area is 77.4 Å². The molecule has 0 saturated heterocycles. The number of fused-ring (bicyclic) bond motifs is 1. The molecule has 0 saturated carbocycles. The third-order valence-electron chi connectivity index (χ3n) is 2.27. The van der Waals surface area contributed by atoms with Crippen LogP contribution in [-0.4, -0.2) is 4.98 Å². The Morgan fingerprint density at radius 3 is 2.92 bits per heavy atom. The minimum Gasteiger partial charge on any atom is -0.398 e. The summed E-state index contributed by atoms with van der Waals surface area (Å²) in [5.41, 5.74) is 8.88. The van der Waals surface area contributed by atoms with Gasteiger partial charge in [0.2, 0.25) is 0 Å². The summed E-state index contributed by atoms with van der Waals surface area (Å²) in [6.07, 6.45) is 2.74. The summed E-state index contributed by atoms with van der Waals surface area (Å²) in [7, 11) is 0. The highest BCUT2D eigenvalue weighted by Crippen LogP contribution is 2.22. The number of hydrogen-bond acceptors (Lipinski definition) is 2. The molecule has 0 fully saturated rings. The predicted molar refractivity (Wildman–Crippen MR) is 55.5 cm³/mol. The molecular weight excluding hydrogens is 160 g/mol. The summed E-state index contributed by atoms with van der Waals surface area (Å²) in [6.45, 7) is 2.10. The van der Waals surface area contributed by atoms with Gasteiger partial charge in [-0.05, 0) is 18.6 Å². The van der Waals surface area contributed by atoms with Crippen molar-refractivity contribution in [2.45, 2.75) is 13.3 Å². The van der Waals surface area contributed by atoms with E-state index >= 15 is 0 Å². The van der Waals surface area contributed by atoms with Crippen LogP contribution in [0.15, 0.2) is 30.5 Å². The van der Waals surface area contributed by atoms with Gasteiger partial charge in [-0.3, -0.25) is 4.98 Å². The lowest BCUT2D eigenvalue weighted by molar-refractivity contribution is 1.15. The van der Waals surface area contributed by atoms with Gasteiger partial charge in [0.25, 0.3) is 0 Å². The van der Waals surface area contributed by atoms with Crippen LogP contribution in [0.2, 0.25) is 0 Å². The summed E-state index contributed by atoms with van der Waals surface area (Å²) in [4.78, 5) is 4.33. The molecule has 1 aromatic heterocycles. The number of aryl methyl sites for hydroxylation is 1. The smallest absolute Gasteiger partial charge is 0.0754 e. The molecule has 0 aliphatic heterocycles. The highest BCUT2D eigenvalue weighted by Gasteiger charge is 2.02. The van der Waals surface area contributed by atoms with Gasteiger partial charge in [-0.25, -0.2) is 0 Å². The summed E-state index contributed by atoms with van der Waals surface area (Å²) in [6, 6.07) is 7.96. The number of anilines is 1. The molecule has 2 aromatic rings. The van der Waals surface area contributed by atoms with Crippen LogP contribution in [0.5, 0.6) is 0 Å². The fourth-order valence-corrected chi connectivity index (χ4v) is 1.59. The quantitative estimate of drug-likeness (QED) is 0.671. The van der Waals surface area contributed by atoms with Gasteiger partial charge in [0.05, 0.1) is 5.52 Å². The normalized spacial score (nSPS) is 10.5. The van der Waals surface area contributed by atoms with Crippen molar-refractivity contribution in [3.05, 3.63) is 36.0 Å². The zero-order valence-corrected chi connectivity index (χ0v) is 7.62. The largest absolute Gasteiger partial charge is 0.398 e. The molecule has 66 valence electrons. The Kier molecular flexibility index (Phi) is 1.89. The van der Waals surface area contributed by atoms with Gasteiger partial charge >= 0.3 is 0 Å². The molecule has 0 amide bonds. The van der Waals surface area contributed by atoms with E-state index in [1.165, 1.54) is 0 Å². The molecule has 2 rings (SSSR count). The monoisotopic (exact) mass is 172 g/mol. The number of hydrogen-bond donors (Lipinski definition) is 1. The molecule has 0 radical (unpaired) electrons. The van der Waals surface area contributed by atoms with Gasteiger partial charge in [-0.2, -0.15) is 0 Å². The first-order valence-corrected chi connectivity index (χ1v) is 4.45. The molecular formula is C11H12N2. The summed E-state index contributed by atoms with van der Waals surface area (Å²) in [5.74, 6) is 0. The number of aromatic nitrogens is 1.